The van der Waals surface area contributed by atoms with Gasteiger partial charge in [0, 0.05) is 32.4 Å². The van der Waals surface area contributed by atoms with Crippen LogP contribution in [0.15, 0.2) is 17.1 Å². The maximum Gasteiger partial charge on any atom is 0.341 e. The van der Waals surface area contributed by atoms with Gasteiger partial charge >= 0.3 is 5.97 Å². The van der Waals surface area contributed by atoms with Gasteiger partial charge in [-0.3, -0.25) is 9.47 Å². The lowest BCUT2D eigenvalue weighted by Crippen LogP contribution is -2.45. The molecule has 0 bridgehead atoms. The van der Waals surface area contributed by atoms with Crippen molar-refractivity contribution in [2.24, 2.45) is 0 Å². The number of carboxylic acids is 1. The Hall–Kier alpha value is -2.68. The van der Waals surface area contributed by atoms with Crippen molar-refractivity contribution in [3.8, 4) is 0 Å². The maximum absolute atomic E-state index is 15.3. The summed E-state index contributed by atoms with van der Waals surface area (Å²) in [5, 5.41) is 10.7. The van der Waals surface area contributed by atoms with Crippen molar-refractivity contribution in [3.63, 3.8) is 0 Å². The van der Waals surface area contributed by atoms with Crippen LogP contribution in [0.1, 0.15) is 10.4 Å². The van der Waals surface area contributed by atoms with Crippen LogP contribution < -0.4 is 15.3 Å². The van der Waals surface area contributed by atoms with Crippen molar-refractivity contribution in [3.05, 3.63) is 39.7 Å². The van der Waals surface area contributed by atoms with Crippen LogP contribution in [0.3, 0.4) is 0 Å². The van der Waals surface area contributed by atoms with Gasteiger partial charge in [0.25, 0.3) is 0 Å². The number of nitrogens with zero attached hydrogens (tertiary/aromatic N) is 4. The fourth-order valence-electron chi connectivity index (χ4n) is 3.34. The first-order chi connectivity index (χ1) is 12.4. The fraction of sp³-hybridized carbons (Fsp3) is 0.412. The van der Waals surface area contributed by atoms with Gasteiger partial charge in [-0.2, -0.15) is 0 Å². The summed E-state index contributed by atoms with van der Waals surface area (Å²) in [5.41, 5.74) is -1.62. The minimum atomic E-state index is -1.42. The third-order valence-electron chi connectivity index (χ3n) is 4.92. The van der Waals surface area contributed by atoms with Crippen molar-refractivity contribution in [1.82, 2.24) is 9.58 Å². The number of benzene rings is 1. The van der Waals surface area contributed by atoms with E-state index in [1.54, 1.807) is 9.91 Å². The zero-order chi connectivity index (χ0) is 18.6. The lowest BCUT2D eigenvalue weighted by molar-refractivity contribution is 0.0695. The molecule has 2 fully saturated rings. The second kappa shape index (κ2) is 5.94. The number of aromatic nitrogens is 1. The molecule has 4 rings (SSSR count). The Morgan fingerprint density at radius 3 is 2.35 bits per heavy atom. The van der Waals surface area contributed by atoms with Gasteiger partial charge in [-0.15, -0.1) is 0 Å². The van der Waals surface area contributed by atoms with E-state index in [1.807, 2.05) is 7.05 Å². The highest BCUT2D eigenvalue weighted by molar-refractivity contribution is 5.94. The van der Waals surface area contributed by atoms with Crippen molar-refractivity contribution in [2.45, 2.75) is 0 Å². The number of likely N-dealkylation sites (N-methyl/N-ethyl adjacent to an activating group) is 1. The first-order valence-corrected chi connectivity index (χ1v) is 8.38. The summed E-state index contributed by atoms with van der Waals surface area (Å²) in [6.45, 7) is 3.50. The Kier molecular flexibility index (Phi) is 3.83. The minimum Gasteiger partial charge on any atom is -0.477 e. The molecule has 138 valence electrons. The molecule has 1 N–H and O–H groups in total. The van der Waals surface area contributed by atoms with Gasteiger partial charge < -0.3 is 19.9 Å². The Morgan fingerprint density at radius 2 is 1.77 bits per heavy atom. The average Bonchev–Trinajstić information content (AvgIpc) is 3.42. The summed E-state index contributed by atoms with van der Waals surface area (Å²) in [5.74, 6) is -3.10. The Morgan fingerprint density at radius 1 is 1.12 bits per heavy atom. The zero-order valence-corrected chi connectivity index (χ0v) is 14.2. The second-order valence-electron chi connectivity index (χ2n) is 6.68. The molecule has 0 atom stereocenters. The SMILES string of the molecule is CN1CCN(c2c(F)cc3c(=O)c(C(=O)O)cn(N4CC4)c3c2F)CC1. The third-order valence-corrected chi connectivity index (χ3v) is 4.92. The van der Waals surface area contributed by atoms with Crippen molar-refractivity contribution >= 4 is 22.6 Å². The summed E-state index contributed by atoms with van der Waals surface area (Å²) < 4.78 is 31.4. The molecule has 1 aromatic heterocycles. The van der Waals surface area contributed by atoms with Gasteiger partial charge in [0.15, 0.2) is 5.82 Å². The maximum atomic E-state index is 15.3. The molecule has 0 saturated carbocycles. The number of pyridine rings is 1. The Balaban J connectivity index is 1.97. The van der Waals surface area contributed by atoms with Crippen LogP contribution in [0.2, 0.25) is 0 Å². The molecule has 7 nitrogen and oxygen atoms in total. The molecular weight excluding hydrogens is 346 g/mol. The monoisotopic (exact) mass is 364 g/mol. The van der Waals surface area contributed by atoms with Gasteiger partial charge in [0.2, 0.25) is 5.43 Å². The molecule has 0 spiro atoms. The van der Waals surface area contributed by atoms with Gasteiger partial charge in [-0.1, -0.05) is 0 Å². The van der Waals surface area contributed by atoms with E-state index >= 15 is 4.39 Å². The summed E-state index contributed by atoms with van der Waals surface area (Å²) in [7, 11) is 1.94. The van der Waals surface area contributed by atoms with Crippen LogP contribution in [-0.2, 0) is 0 Å². The quantitative estimate of drug-likeness (QED) is 0.808. The Labute approximate surface area is 147 Å². The number of carbonyl (C=O) groups is 1. The Bertz CT molecular complexity index is 963. The highest BCUT2D eigenvalue weighted by atomic mass is 19.1. The number of anilines is 1. The van der Waals surface area contributed by atoms with Crippen LogP contribution in [0.4, 0.5) is 14.5 Å². The first-order valence-electron chi connectivity index (χ1n) is 8.38. The van der Waals surface area contributed by atoms with Crippen molar-refractivity contribution in [2.75, 3.05) is 56.2 Å². The molecule has 2 saturated heterocycles. The number of aromatic carboxylic acids is 1. The standard InChI is InChI=1S/C17H18F2N4O3/c1-20-2-4-21(5-3-20)15-12(18)8-10-14(13(15)19)23(22-6-7-22)9-11(16(10)24)17(25)26/h8-9H,2-7H2,1H3,(H,25,26). The van der Waals surface area contributed by atoms with Crippen LogP contribution in [0, 0.1) is 11.6 Å². The van der Waals surface area contributed by atoms with Gasteiger partial charge in [-0.05, 0) is 13.1 Å². The highest BCUT2D eigenvalue weighted by Gasteiger charge is 2.29. The normalized spacial score (nSPS) is 17.8. The third kappa shape index (κ3) is 2.59. The molecule has 2 aliphatic heterocycles. The second-order valence-corrected chi connectivity index (χ2v) is 6.68. The van der Waals surface area contributed by atoms with Crippen LogP contribution in [0.5, 0.6) is 0 Å². The van der Waals surface area contributed by atoms with Crippen LogP contribution >= 0.6 is 0 Å². The molecule has 0 radical (unpaired) electrons. The molecule has 0 aliphatic carbocycles. The summed E-state index contributed by atoms with van der Waals surface area (Å²) in [6.07, 6.45) is 1.12. The number of fused-ring (bicyclic) bond motifs is 1. The van der Waals surface area contributed by atoms with E-state index in [4.69, 9.17) is 0 Å². The lowest BCUT2D eigenvalue weighted by Gasteiger charge is -2.34. The predicted molar refractivity (Wildman–Crippen MR) is 92.7 cm³/mol. The number of halogens is 2. The van der Waals surface area contributed by atoms with Crippen LogP contribution in [-0.4, -0.2) is 67.0 Å². The molecule has 1 aromatic carbocycles. The van der Waals surface area contributed by atoms with Gasteiger partial charge in [-0.25, -0.2) is 13.6 Å². The smallest absolute Gasteiger partial charge is 0.341 e. The summed E-state index contributed by atoms with van der Waals surface area (Å²) >= 11 is 0. The van der Waals surface area contributed by atoms with E-state index in [2.05, 4.69) is 4.90 Å². The van der Waals surface area contributed by atoms with E-state index in [1.165, 1.54) is 4.68 Å². The molecule has 0 amide bonds. The molecule has 0 unspecified atom stereocenters. The summed E-state index contributed by atoms with van der Waals surface area (Å²) in [6, 6.07) is 0.959. The molecule has 9 heteroatoms. The van der Waals surface area contributed by atoms with Crippen molar-refractivity contribution < 1.29 is 18.7 Å². The minimum absolute atomic E-state index is 0.0761. The van der Waals surface area contributed by atoms with Crippen LogP contribution in [0.25, 0.3) is 10.9 Å². The average molecular weight is 364 g/mol. The molecule has 2 aliphatic rings. The van der Waals surface area contributed by atoms with E-state index in [0.717, 1.165) is 12.3 Å². The van der Waals surface area contributed by atoms with E-state index < -0.39 is 28.6 Å². The summed E-state index contributed by atoms with van der Waals surface area (Å²) in [4.78, 5) is 27.5. The van der Waals surface area contributed by atoms with E-state index in [-0.39, 0.29) is 16.6 Å². The topological polar surface area (TPSA) is 68.8 Å². The number of hydrogen-bond donors (Lipinski definition) is 1. The molecule has 3 heterocycles. The van der Waals surface area contributed by atoms with E-state index in [0.29, 0.717) is 39.3 Å². The number of rotatable bonds is 3. The largest absolute Gasteiger partial charge is 0.477 e. The lowest BCUT2D eigenvalue weighted by atomic mass is 10.1. The molecule has 26 heavy (non-hydrogen) atoms. The van der Waals surface area contributed by atoms with Gasteiger partial charge in [0.1, 0.15) is 22.6 Å². The number of hydrogen-bond acceptors (Lipinski definition) is 5. The first kappa shape index (κ1) is 16.8. The number of piperazine rings is 1. The fourth-order valence-corrected chi connectivity index (χ4v) is 3.34. The predicted octanol–water partition coefficient (Wildman–Crippen LogP) is 0.681. The number of carboxylic acid groups (broad SMARTS) is 1. The molecule has 2 aromatic rings. The highest BCUT2D eigenvalue weighted by Crippen LogP contribution is 2.31. The van der Waals surface area contributed by atoms with Gasteiger partial charge in [0.05, 0.1) is 18.5 Å². The molecular formula is C17H18F2N4O3. The van der Waals surface area contributed by atoms with Crippen molar-refractivity contribution in [1.29, 1.82) is 0 Å². The zero-order valence-electron chi connectivity index (χ0n) is 14.2. The van der Waals surface area contributed by atoms with E-state index in [9.17, 15) is 19.1 Å².